The smallest absolute Gasteiger partial charge is 0.132 e. The molecule has 1 saturated carbocycles. The number of hydrogen-bond acceptors (Lipinski definition) is 5. The Morgan fingerprint density at radius 1 is 1.17 bits per heavy atom. The first kappa shape index (κ1) is 15.1. The van der Waals surface area contributed by atoms with Crippen molar-refractivity contribution in [2.24, 2.45) is 0 Å². The van der Waals surface area contributed by atoms with Crippen LogP contribution in [0.2, 0.25) is 0 Å². The number of hydrogen-bond donors (Lipinski definition) is 1. The minimum atomic E-state index is -0.467. The highest BCUT2D eigenvalue weighted by Gasteiger charge is 2.36. The van der Waals surface area contributed by atoms with E-state index in [1.54, 1.807) is 6.20 Å². The number of pyridine rings is 2. The number of rotatable bonds is 4. The SMILES string of the molecule is N#CC1(c2cc(Nc3ccccn3)nc(C3CC3)c2)CCOCC1. The first-order valence-electron chi connectivity index (χ1n) is 8.49. The molecule has 1 N–H and O–H groups in total. The molecule has 0 unspecified atom stereocenters. The molecule has 2 aromatic rings. The fraction of sp³-hybridized carbons (Fsp3) is 0.421. The van der Waals surface area contributed by atoms with Gasteiger partial charge in [0.25, 0.3) is 0 Å². The van der Waals surface area contributed by atoms with E-state index in [4.69, 9.17) is 9.72 Å². The molecule has 4 rings (SSSR count). The molecule has 0 aromatic carbocycles. The highest BCUT2D eigenvalue weighted by molar-refractivity contribution is 5.55. The monoisotopic (exact) mass is 320 g/mol. The highest BCUT2D eigenvalue weighted by Crippen LogP contribution is 2.42. The lowest BCUT2D eigenvalue weighted by Gasteiger charge is -2.31. The van der Waals surface area contributed by atoms with Gasteiger partial charge in [-0.2, -0.15) is 5.26 Å². The summed E-state index contributed by atoms with van der Waals surface area (Å²) in [5.41, 5.74) is 1.68. The summed E-state index contributed by atoms with van der Waals surface area (Å²) in [7, 11) is 0. The fourth-order valence-corrected chi connectivity index (χ4v) is 3.23. The maximum Gasteiger partial charge on any atom is 0.132 e. The molecule has 2 fully saturated rings. The number of ether oxygens (including phenoxy) is 1. The van der Waals surface area contributed by atoms with E-state index in [0.717, 1.165) is 35.7 Å². The largest absolute Gasteiger partial charge is 0.381 e. The summed E-state index contributed by atoms with van der Waals surface area (Å²) in [4.78, 5) is 9.07. The third-order valence-corrected chi connectivity index (χ3v) is 4.87. The topological polar surface area (TPSA) is 70.8 Å². The van der Waals surface area contributed by atoms with Gasteiger partial charge < -0.3 is 10.1 Å². The summed E-state index contributed by atoms with van der Waals surface area (Å²) in [6.45, 7) is 1.27. The van der Waals surface area contributed by atoms with Crippen LogP contribution in [0.1, 0.15) is 42.9 Å². The van der Waals surface area contributed by atoms with Gasteiger partial charge in [0.1, 0.15) is 11.6 Å². The van der Waals surface area contributed by atoms with Crippen LogP contribution < -0.4 is 5.32 Å². The fourth-order valence-electron chi connectivity index (χ4n) is 3.23. The van der Waals surface area contributed by atoms with Crippen LogP contribution in [0.4, 0.5) is 11.6 Å². The van der Waals surface area contributed by atoms with Gasteiger partial charge in [-0.15, -0.1) is 0 Å². The molecule has 0 atom stereocenters. The van der Waals surface area contributed by atoms with E-state index in [1.807, 2.05) is 24.3 Å². The second kappa shape index (κ2) is 6.21. The van der Waals surface area contributed by atoms with Crippen molar-refractivity contribution < 1.29 is 4.74 Å². The second-order valence-corrected chi connectivity index (χ2v) is 6.59. The summed E-state index contributed by atoms with van der Waals surface area (Å²) in [5.74, 6) is 2.07. The van der Waals surface area contributed by atoms with Gasteiger partial charge in [0.2, 0.25) is 0 Å². The third-order valence-electron chi connectivity index (χ3n) is 4.87. The molecule has 0 radical (unpaired) electrons. The summed E-state index contributed by atoms with van der Waals surface area (Å²) < 4.78 is 5.47. The van der Waals surface area contributed by atoms with Gasteiger partial charge in [0, 0.05) is 31.0 Å². The van der Waals surface area contributed by atoms with Crippen LogP contribution >= 0.6 is 0 Å². The van der Waals surface area contributed by atoms with Crippen molar-refractivity contribution in [3.05, 3.63) is 47.8 Å². The molecule has 5 nitrogen and oxygen atoms in total. The second-order valence-electron chi connectivity index (χ2n) is 6.59. The zero-order chi connectivity index (χ0) is 16.4. The van der Waals surface area contributed by atoms with E-state index in [1.165, 1.54) is 12.8 Å². The maximum absolute atomic E-state index is 9.86. The van der Waals surface area contributed by atoms with Crippen LogP contribution in [-0.2, 0) is 10.2 Å². The lowest BCUT2D eigenvalue weighted by atomic mass is 9.75. The van der Waals surface area contributed by atoms with Crippen LogP contribution in [0.5, 0.6) is 0 Å². The van der Waals surface area contributed by atoms with Gasteiger partial charge in [-0.3, -0.25) is 0 Å². The predicted octanol–water partition coefficient (Wildman–Crippen LogP) is 3.67. The summed E-state index contributed by atoms with van der Waals surface area (Å²) in [6.07, 6.45) is 5.59. The quantitative estimate of drug-likeness (QED) is 0.930. The van der Waals surface area contributed by atoms with E-state index in [2.05, 4.69) is 22.4 Å². The molecule has 3 heterocycles. The summed E-state index contributed by atoms with van der Waals surface area (Å²) >= 11 is 0. The van der Waals surface area contributed by atoms with Crippen molar-refractivity contribution in [2.45, 2.75) is 37.0 Å². The highest BCUT2D eigenvalue weighted by atomic mass is 16.5. The van der Waals surface area contributed by atoms with E-state index >= 15 is 0 Å². The molecule has 5 heteroatoms. The van der Waals surface area contributed by atoms with Crippen LogP contribution in [0, 0.1) is 11.3 Å². The normalized spacial score (nSPS) is 19.5. The summed E-state index contributed by atoms with van der Waals surface area (Å²) in [6, 6.07) is 12.4. The average Bonchev–Trinajstić information content (AvgIpc) is 3.48. The first-order chi connectivity index (χ1) is 11.8. The number of aromatic nitrogens is 2. The Balaban J connectivity index is 1.72. The zero-order valence-corrected chi connectivity index (χ0v) is 13.5. The van der Waals surface area contributed by atoms with Gasteiger partial charge >= 0.3 is 0 Å². The lowest BCUT2D eigenvalue weighted by Crippen LogP contribution is -2.32. The van der Waals surface area contributed by atoms with Crippen molar-refractivity contribution in [2.75, 3.05) is 18.5 Å². The molecule has 0 spiro atoms. The number of anilines is 2. The molecule has 24 heavy (non-hydrogen) atoms. The molecule has 2 aromatic heterocycles. The van der Waals surface area contributed by atoms with Crippen LogP contribution in [0.25, 0.3) is 0 Å². The van der Waals surface area contributed by atoms with Gasteiger partial charge in [0.15, 0.2) is 0 Å². The molecule has 2 aliphatic rings. The Morgan fingerprint density at radius 3 is 2.67 bits per heavy atom. The zero-order valence-electron chi connectivity index (χ0n) is 13.5. The van der Waals surface area contributed by atoms with Gasteiger partial charge in [0.05, 0.1) is 11.5 Å². The predicted molar refractivity (Wildman–Crippen MR) is 91.1 cm³/mol. The number of nitriles is 1. The van der Waals surface area contributed by atoms with Gasteiger partial charge in [-0.05, 0) is 55.5 Å². The maximum atomic E-state index is 9.86. The van der Waals surface area contributed by atoms with Crippen molar-refractivity contribution in [3.63, 3.8) is 0 Å². The standard InChI is InChI=1S/C19H20N4O/c20-13-19(6-9-24-10-7-19)15-11-16(14-4-5-14)22-18(12-15)23-17-3-1-2-8-21-17/h1-3,8,11-12,14H,4-7,9-10H2,(H,21,22,23). The molecule has 0 amide bonds. The summed E-state index contributed by atoms with van der Waals surface area (Å²) in [5, 5.41) is 13.1. The Kier molecular flexibility index (Phi) is 3.91. The minimum absolute atomic E-state index is 0.467. The Hall–Kier alpha value is -2.45. The Morgan fingerprint density at radius 2 is 2.00 bits per heavy atom. The molecular weight excluding hydrogens is 300 g/mol. The minimum Gasteiger partial charge on any atom is -0.381 e. The van der Waals surface area contributed by atoms with Crippen molar-refractivity contribution in [1.29, 1.82) is 5.26 Å². The van der Waals surface area contributed by atoms with E-state index in [9.17, 15) is 5.26 Å². The molecule has 1 aliphatic heterocycles. The molecule has 122 valence electrons. The number of nitrogens with zero attached hydrogens (tertiary/aromatic N) is 3. The lowest BCUT2D eigenvalue weighted by molar-refractivity contribution is 0.0675. The van der Waals surface area contributed by atoms with E-state index in [-0.39, 0.29) is 0 Å². The van der Waals surface area contributed by atoms with E-state index in [0.29, 0.717) is 19.1 Å². The number of nitrogens with one attached hydrogen (secondary N) is 1. The first-order valence-corrected chi connectivity index (χ1v) is 8.49. The van der Waals surface area contributed by atoms with Crippen molar-refractivity contribution >= 4 is 11.6 Å². The molecule has 0 bridgehead atoms. The van der Waals surface area contributed by atoms with Crippen molar-refractivity contribution in [3.8, 4) is 6.07 Å². The van der Waals surface area contributed by atoms with Crippen LogP contribution in [0.15, 0.2) is 36.5 Å². The third kappa shape index (κ3) is 2.98. The van der Waals surface area contributed by atoms with Crippen LogP contribution in [0.3, 0.4) is 0 Å². The Bertz CT molecular complexity index is 759. The van der Waals surface area contributed by atoms with E-state index < -0.39 is 5.41 Å². The Labute approximate surface area is 141 Å². The van der Waals surface area contributed by atoms with Gasteiger partial charge in [-0.1, -0.05) is 6.07 Å². The molecule has 1 saturated heterocycles. The molecular formula is C19H20N4O. The van der Waals surface area contributed by atoms with Crippen molar-refractivity contribution in [1.82, 2.24) is 9.97 Å². The van der Waals surface area contributed by atoms with Gasteiger partial charge in [-0.25, -0.2) is 9.97 Å². The molecule has 1 aliphatic carbocycles. The van der Waals surface area contributed by atoms with Crippen LogP contribution in [-0.4, -0.2) is 23.2 Å². The average molecular weight is 320 g/mol.